The Bertz CT molecular complexity index is 613. The van der Waals surface area contributed by atoms with Crippen LogP contribution < -0.4 is 10.6 Å². The molecule has 0 unspecified atom stereocenters. The SMILES string of the molecule is CNc1nc(NCC2(SC)CCC2)c2cc(C)sc2n1. The monoisotopic (exact) mass is 308 g/mol. The molecule has 0 bridgehead atoms. The van der Waals surface area contributed by atoms with Crippen LogP contribution in [0.15, 0.2) is 6.07 Å². The molecule has 0 amide bonds. The van der Waals surface area contributed by atoms with Gasteiger partial charge >= 0.3 is 0 Å². The summed E-state index contributed by atoms with van der Waals surface area (Å²) in [6.45, 7) is 3.10. The molecule has 2 aromatic rings. The van der Waals surface area contributed by atoms with E-state index < -0.39 is 0 Å². The minimum atomic E-state index is 0.405. The zero-order valence-corrected chi connectivity index (χ0v) is 13.7. The van der Waals surface area contributed by atoms with Gasteiger partial charge in [0.15, 0.2) is 0 Å². The average Bonchev–Trinajstić information content (AvgIpc) is 2.78. The van der Waals surface area contributed by atoms with E-state index in [9.17, 15) is 0 Å². The summed E-state index contributed by atoms with van der Waals surface area (Å²) in [4.78, 5) is 11.4. The lowest BCUT2D eigenvalue weighted by atomic mass is 9.84. The first-order valence-electron chi connectivity index (χ1n) is 6.91. The highest BCUT2D eigenvalue weighted by Crippen LogP contribution is 2.43. The number of nitrogens with zero attached hydrogens (tertiary/aromatic N) is 2. The highest BCUT2D eigenvalue weighted by atomic mass is 32.2. The topological polar surface area (TPSA) is 49.8 Å². The number of anilines is 2. The molecule has 1 fully saturated rings. The molecule has 0 aliphatic heterocycles. The molecule has 0 radical (unpaired) electrons. The van der Waals surface area contributed by atoms with Crippen molar-refractivity contribution in [3.8, 4) is 0 Å². The van der Waals surface area contributed by atoms with E-state index in [-0.39, 0.29) is 0 Å². The molecule has 20 heavy (non-hydrogen) atoms. The van der Waals surface area contributed by atoms with Crippen molar-refractivity contribution in [2.45, 2.75) is 30.9 Å². The summed E-state index contributed by atoms with van der Waals surface area (Å²) in [6.07, 6.45) is 6.17. The molecule has 6 heteroatoms. The maximum atomic E-state index is 4.59. The van der Waals surface area contributed by atoms with Gasteiger partial charge in [0, 0.05) is 23.2 Å². The second-order valence-electron chi connectivity index (χ2n) is 5.32. The second-order valence-corrected chi connectivity index (χ2v) is 7.82. The molecule has 4 nitrogen and oxygen atoms in total. The summed E-state index contributed by atoms with van der Waals surface area (Å²) in [5, 5.41) is 7.75. The van der Waals surface area contributed by atoms with Crippen molar-refractivity contribution in [3.63, 3.8) is 0 Å². The van der Waals surface area contributed by atoms with Crippen LogP contribution >= 0.6 is 23.1 Å². The third-order valence-electron chi connectivity index (χ3n) is 4.02. The van der Waals surface area contributed by atoms with E-state index in [0.29, 0.717) is 10.7 Å². The molecule has 1 saturated carbocycles. The number of aromatic nitrogens is 2. The zero-order valence-electron chi connectivity index (χ0n) is 12.1. The van der Waals surface area contributed by atoms with Gasteiger partial charge in [0.05, 0.1) is 5.39 Å². The van der Waals surface area contributed by atoms with Crippen molar-refractivity contribution < 1.29 is 0 Å². The van der Waals surface area contributed by atoms with Gasteiger partial charge in [0.2, 0.25) is 5.95 Å². The van der Waals surface area contributed by atoms with Crippen molar-refractivity contribution in [2.75, 3.05) is 30.5 Å². The van der Waals surface area contributed by atoms with Crippen molar-refractivity contribution in [1.29, 1.82) is 0 Å². The van der Waals surface area contributed by atoms with Gasteiger partial charge in [-0.25, -0.2) is 4.98 Å². The van der Waals surface area contributed by atoms with Gasteiger partial charge in [-0.15, -0.1) is 11.3 Å². The molecule has 0 atom stereocenters. The summed E-state index contributed by atoms with van der Waals surface area (Å²) >= 11 is 3.70. The molecule has 2 heterocycles. The lowest BCUT2D eigenvalue weighted by molar-refractivity contribution is 0.380. The van der Waals surface area contributed by atoms with Crippen molar-refractivity contribution in [3.05, 3.63) is 10.9 Å². The maximum absolute atomic E-state index is 4.59. The van der Waals surface area contributed by atoms with Crippen LogP contribution in [0.3, 0.4) is 0 Å². The minimum Gasteiger partial charge on any atom is -0.368 e. The van der Waals surface area contributed by atoms with Gasteiger partial charge in [0.25, 0.3) is 0 Å². The Hall–Kier alpha value is -1.01. The molecule has 3 rings (SSSR count). The molecular weight excluding hydrogens is 288 g/mol. The van der Waals surface area contributed by atoms with E-state index in [0.717, 1.165) is 22.6 Å². The summed E-state index contributed by atoms with van der Waals surface area (Å²) in [5.41, 5.74) is 0. The van der Waals surface area contributed by atoms with E-state index in [1.807, 2.05) is 18.8 Å². The Morgan fingerprint density at radius 1 is 1.40 bits per heavy atom. The minimum absolute atomic E-state index is 0.405. The quantitative estimate of drug-likeness (QED) is 0.881. The fourth-order valence-electron chi connectivity index (χ4n) is 2.56. The second kappa shape index (κ2) is 5.41. The summed E-state index contributed by atoms with van der Waals surface area (Å²) in [5.74, 6) is 1.65. The fourth-order valence-corrected chi connectivity index (χ4v) is 4.35. The van der Waals surface area contributed by atoms with Crippen LogP contribution in [0.4, 0.5) is 11.8 Å². The number of hydrogen-bond acceptors (Lipinski definition) is 6. The molecule has 108 valence electrons. The van der Waals surface area contributed by atoms with Gasteiger partial charge in [-0.2, -0.15) is 16.7 Å². The van der Waals surface area contributed by atoms with Crippen LogP contribution in [0, 0.1) is 6.92 Å². The molecule has 2 aromatic heterocycles. The first kappa shape index (κ1) is 13.9. The summed E-state index contributed by atoms with van der Waals surface area (Å²) in [6, 6.07) is 2.17. The molecule has 0 saturated heterocycles. The Balaban J connectivity index is 1.89. The molecule has 1 aliphatic carbocycles. The first-order chi connectivity index (χ1) is 9.65. The van der Waals surface area contributed by atoms with E-state index in [1.165, 1.54) is 24.1 Å². The maximum Gasteiger partial charge on any atom is 0.225 e. The van der Waals surface area contributed by atoms with Crippen molar-refractivity contribution in [2.24, 2.45) is 0 Å². The summed E-state index contributed by atoms with van der Waals surface area (Å²) < 4.78 is 0.405. The number of aryl methyl sites for hydroxylation is 1. The van der Waals surface area contributed by atoms with E-state index in [4.69, 9.17) is 0 Å². The van der Waals surface area contributed by atoms with Gasteiger partial charge in [-0.05, 0) is 32.1 Å². The van der Waals surface area contributed by atoms with Crippen LogP contribution in [0.1, 0.15) is 24.1 Å². The standard InChI is InChI=1S/C14H20N4S2/c1-9-7-10-11(16-8-14(19-3)5-4-6-14)17-13(15-2)18-12(10)20-9/h7H,4-6,8H2,1-3H3,(H2,15,16,17,18). The Labute approximate surface area is 127 Å². The Morgan fingerprint density at radius 3 is 2.80 bits per heavy atom. The van der Waals surface area contributed by atoms with Crippen molar-refractivity contribution in [1.82, 2.24) is 9.97 Å². The molecule has 1 aliphatic rings. The Morgan fingerprint density at radius 2 is 2.20 bits per heavy atom. The van der Waals surface area contributed by atoms with Gasteiger partial charge in [-0.1, -0.05) is 6.42 Å². The third-order valence-corrected chi connectivity index (χ3v) is 6.38. The largest absolute Gasteiger partial charge is 0.368 e. The number of thioether (sulfide) groups is 1. The van der Waals surface area contributed by atoms with E-state index >= 15 is 0 Å². The predicted octanol–water partition coefficient (Wildman–Crippen LogP) is 3.74. The molecule has 0 spiro atoms. The van der Waals surface area contributed by atoms with Crippen LogP contribution in [-0.4, -0.2) is 34.6 Å². The molecule has 2 N–H and O–H groups in total. The highest BCUT2D eigenvalue weighted by molar-refractivity contribution is 8.00. The number of rotatable bonds is 5. The van der Waals surface area contributed by atoms with Crippen LogP contribution in [0.2, 0.25) is 0 Å². The van der Waals surface area contributed by atoms with Crippen LogP contribution in [0.25, 0.3) is 10.2 Å². The zero-order chi connectivity index (χ0) is 14.2. The fraction of sp³-hybridized carbons (Fsp3) is 0.571. The number of fused-ring (bicyclic) bond motifs is 1. The van der Waals surface area contributed by atoms with Gasteiger partial charge < -0.3 is 10.6 Å². The smallest absolute Gasteiger partial charge is 0.225 e. The first-order valence-corrected chi connectivity index (χ1v) is 8.95. The third kappa shape index (κ3) is 2.46. The predicted molar refractivity (Wildman–Crippen MR) is 90.3 cm³/mol. The normalized spacial score (nSPS) is 16.9. The van der Waals surface area contributed by atoms with Crippen molar-refractivity contribution >= 4 is 45.1 Å². The number of thiophene rings is 1. The number of hydrogen-bond donors (Lipinski definition) is 2. The van der Waals surface area contributed by atoms with E-state index in [2.05, 4.69) is 39.8 Å². The lowest BCUT2D eigenvalue weighted by Gasteiger charge is -2.40. The van der Waals surface area contributed by atoms with Gasteiger partial charge in [-0.3, -0.25) is 0 Å². The highest BCUT2D eigenvalue weighted by Gasteiger charge is 2.36. The molecular formula is C14H20N4S2. The van der Waals surface area contributed by atoms with E-state index in [1.54, 1.807) is 11.3 Å². The van der Waals surface area contributed by atoms with Crippen LogP contribution in [0.5, 0.6) is 0 Å². The summed E-state index contributed by atoms with van der Waals surface area (Å²) in [7, 11) is 1.86. The Kier molecular flexibility index (Phi) is 3.77. The number of nitrogens with one attached hydrogen (secondary N) is 2. The molecule has 0 aromatic carbocycles. The van der Waals surface area contributed by atoms with Crippen LogP contribution in [-0.2, 0) is 0 Å². The lowest BCUT2D eigenvalue weighted by Crippen LogP contribution is -2.40. The van der Waals surface area contributed by atoms with Gasteiger partial charge in [0.1, 0.15) is 10.6 Å². The average molecular weight is 308 g/mol.